The number of ether oxygens (including phenoxy) is 3. The Morgan fingerprint density at radius 3 is 2.63 bits per heavy atom. The fourth-order valence-electron chi connectivity index (χ4n) is 2.51. The van der Waals surface area contributed by atoms with Crippen molar-refractivity contribution in [2.75, 3.05) is 13.7 Å². The van der Waals surface area contributed by atoms with Crippen LogP contribution in [0.2, 0.25) is 0 Å². The number of hydrogen-bond donors (Lipinski definition) is 1. The number of esters is 1. The molecule has 0 fully saturated rings. The first kappa shape index (κ1) is 18.4. The van der Waals surface area contributed by atoms with E-state index < -0.39 is 5.97 Å². The van der Waals surface area contributed by atoms with Gasteiger partial charge in [0, 0.05) is 0 Å². The summed E-state index contributed by atoms with van der Waals surface area (Å²) in [6.07, 6.45) is 0. The van der Waals surface area contributed by atoms with Crippen LogP contribution in [0.15, 0.2) is 42.5 Å². The number of nitrogens with zero attached hydrogens (tertiary/aromatic N) is 2. The third kappa shape index (κ3) is 4.05. The van der Waals surface area contributed by atoms with Gasteiger partial charge in [0.05, 0.1) is 19.3 Å². The highest BCUT2D eigenvalue weighted by Crippen LogP contribution is 2.38. The maximum atomic E-state index is 13.1. The van der Waals surface area contributed by atoms with Crippen molar-refractivity contribution < 1.29 is 23.4 Å². The summed E-state index contributed by atoms with van der Waals surface area (Å²) in [7, 11) is 1.51. The Hall–Kier alpha value is -3.42. The third-order valence-electron chi connectivity index (χ3n) is 3.77. The van der Waals surface area contributed by atoms with Crippen LogP contribution in [0.25, 0.3) is 11.3 Å². The highest BCUT2D eigenvalue weighted by molar-refractivity contribution is 5.95. The molecule has 8 heteroatoms. The molecular weight excluding hydrogens is 353 g/mol. The van der Waals surface area contributed by atoms with Crippen molar-refractivity contribution in [1.82, 2.24) is 15.4 Å². The molecule has 3 rings (SSSR count). The number of benzene rings is 2. The molecule has 1 N–H and O–H groups in total. The van der Waals surface area contributed by atoms with E-state index in [0.717, 1.165) is 5.56 Å². The molecule has 0 bridgehead atoms. The lowest BCUT2D eigenvalue weighted by molar-refractivity contribution is 0.0520. The Morgan fingerprint density at radius 2 is 1.93 bits per heavy atom. The van der Waals surface area contributed by atoms with Gasteiger partial charge in [0.25, 0.3) is 0 Å². The lowest BCUT2D eigenvalue weighted by atomic mass is 10.1. The highest BCUT2D eigenvalue weighted by atomic mass is 19.1. The fraction of sp³-hybridized carbons (Fsp3) is 0.211. The van der Waals surface area contributed by atoms with Gasteiger partial charge in [0.15, 0.2) is 17.2 Å². The number of rotatable bonds is 7. The lowest BCUT2D eigenvalue weighted by Crippen LogP contribution is -2.07. The Balaban J connectivity index is 1.96. The molecule has 0 saturated carbocycles. The Morgan fingerprint density at radius 1 is 1.15 bits per heavy atom. The summed E-state index contributed by atoms with van der Waals surface area (Å²) in [5.41, 5.74) is 1.64. The molecule has 7 nitrogen and oxygen atoms in total. The van der Waals surface area contributed by atoms with E-state index >= 15 is 0 Å². The van der Waals surface area contributed by atoms with Crippen molar-refractivity contribution in [2.24, 2.45) is 0 Å². The molecule has 0 radical (unpaired) electrons. The van der Waals surface area contributed by atoms with E-state index in [1.807, 2.05) is 0 Å². The Labute approximate surface area is 155 Å². The molecule has 0 unspecified atom stereocenters. The number of methoxy groups -OCH3 is 1. The minimum atomic E-state index is -0.589. The number of para-hydroxylation sites is 1. The number of H-pyrrole nitrogens is 1. The number of carbonyl (C=O) groups is 1. The first-order chi connectivity index (χ1) is 13.1. The van der Waals surface area contributed by atoms with Crippen LogP contribution in [-0.2, 0) is 11.3 Å². The van der Waals surface area contributed by atoms with Gasteiger partial charge in [0.2, 0.25) is 0 Å². The molecular formula is C19H18FN3O4. The van der Waals surface area contributed by atoms with Gasteiger partial charge in [-0.15, -0.1) is 5.10 Å². The van der Waals surface area contributed by atoms with E-state index in [1.165, 1.54) is 19.2 Å². The Kier molecular flexibility index (Phi) is 5.65. The van der Waals surface area contributed by atoms with E-state index in [1.54, 1.807) is 37.3 Å². The standard InChI is InChI=1S/C19H18FN3O4/c1-3-26-19(24)17-16(21-23-22-17)14-5-4-6-15(25-2)18(14)27-11-12-7-9-13(20)10-8-12/h4-10H,3,11H2,1-2H3,(H,21,22,23). The number of aromatic nitrogens is 3. The minimum absolute atomic E-state index is 0.0525. The zero-order chi connectivity index (χ0) is 19.2. The number of aromatic amines is 1. The average Bonchev–Trinajstić information content (AvgIpc) is 3.17. The van der Waals surface area contributed by atoms with Crippen molar-refractivity contribution in [1.29, 1.82) is 0 Å². The topological polar surface area (TPSA) is 86.3 Å². The molecule has 0 aliphatic rings. The van der Waals surface area contributed by atoms with Crippen molar-refractivity contribution in [3.05, 3.63) is 59.5 Å². The molecule has 0 aliphatic carbocycles. The molecule has 27 heavy (non-hydrogen) atoms. The van der Waals surface area contributed by atoms with Crippen LogP contribution in [0.5, 0.6) is 11.5 Å². The normalized spacial score (nSPS) is 10.5. The number of halogens is 1. The van der Waals surface area contributed by atoms with Crippen molar-refractivity contribution in [2.45, 2.75) is 13.5 Å². The molecule has 1 heterocycles. The molecule has 0 amide bonds. The summed E-state index contributed by atoms with van der Waals surface area (Å²) >= 11 is 0. The van der Waals surface area contributed by atoms with E-state index in [0.29, 0.717) is 22.8 Å². The molecule has 3 aromatic rings. The van der Waals surface area contributed by atoms with Gasteiger partial charge < -0.3 is 14.2 Å². The van der Waals surface area contributed by atoms with Crippen molar-refractivity contribution in [3.8, 4) is 22.8 Å². The second kappa shape index (κ2) is 8.31. The summed E-state index contributed by atoms with van der Waals surface area (Å²) in [5.74, 6) is -0.0526. The lowest BCUT2D eigenvalue weighted by Gasteiger charge is -2.14. The smallest absolute Gasteiger partial charge is 0.361 e. The van der Waals surface area contributed by atoms with E-state index in [4.69, 9.17) is 14.2 Å². The van der Waals surface area contributed by atoms with Crippen LogP contribution in [0.3, 0.4) is 0 Å². The maximum absolute atomic E-state index is 13.1. The monoisotopic (exact) mass is 371 g/mol. The van der Waals surface area contributed by atoms with Crippen molar-refractivity contribution in [3.63, 3.8) is 0 Å². The first-order valence-corrected chi connectivity index (χ1v) is 8.26. The third-order valence-corrected chi connectivity index (χ3v) is 3.77. The van der Waals surface area contributed by atoms with Gasteiger partial charge >= 0.3 is 5.97 Å². The molecule has 0 aliphatic heterocycles. The van der Waals surface area contributed by atoms with Gasteiger partial charge in [-0.05, 0) is 36.8 Å². The average molecular weight is 371 g/mol. The summed E-state index contributed by atoms with van der Waals surface area (Å²) < 4.78 is 29.4. The quantitative estimate of drug-likeness (QED) is 0.641. The van der Waals surface area contributed by atoms with Gasteiger partial charge in [0.1, 0.15) is 18.1 Å². The molecule has 140 valence electrons. The molecule has 2 aromatic carbocycles. The minimum Gasteiger partial charge on any atom is -0.493 e. The molecule has 1 aromatic heterocycles. The largest absolute Gasteiger partial charge is 0.493 e. The molecule has 0 saturated heterocycles. The van der Waals surface area contributed by atoms with Gasteiger partial charge in [-0.2, -0.15) is 10.3 Å². The SMILES string of the molecule is CCOC(=O)c1n[nH]nc1-c1cccc(OC)c1OCc1ccc(F)cc1. The predicted molar refractivity (Wildman–Crippen MR) is 95.1 cm³/mol. The second-order valence-corrected chi connectivity index (χ2v) is 5.49. The number of nitrogens with one attached hydrogen (secondary N) is 1. The van der Waals surface area contributed by atoms with Crippen LogP contribution in [-0.4, -0.2) is 35.1 Å². The predicted octanol–water partition coefficient (Wildman–Crippen LogP) is 3.38. The Bertz CT molecular complexity index is 925. The summed E-state index contributed by atoms with van der Waals surface area (Å²) in [4.78, 5) is 12.1. The zero-order valence-corrected chi connectivity index (χ0v) is 14.9. The fourth-order valence-corrected chi connectivity index (χ4v) is 2.51. The first-order valence-electron chi connectivity index (χ1n) is 8.26. The zero-order valence-electron chi connectivity index (χ0n) is 14.9. The van der Waals surface area contributed by atoms with Crippen LogP contribution in [0.1, 0.15) is 23.0 Å². The summed E-state index contributed by atoms with van der Waals surface area (Å²) in [6.45, 7) is 2.11. The maximum Gasteiger partial charge on any atom is 0.361 e. The summed E-state index contributed by atoms with van der Waals surface area (Å²) in [5, 5.41) is 10.4. The second-order valence-electron chi connectivity index (χ2n) is 5.49. The van der Waals surface area contributed by atoms with Crippen LogP contribution in [0.4, 0.5) is 4.39 Å². The molecule has 0 spiro atoms. The van der Waals surface area contributed by atoms with Gasteiger partial charge in [-0.3, -0.25) is 0 Å². The van der Waals surface area contributed by atoms with Crippen LogP contribution >= 0.6 is 0 Å². The van der Waals surface area contributed by atoms with Crippen molar-refractivity contribution >= 4 is 5.97 Å². The van der Waals surface area contributed by atoms with Crippen LogP contribution in [0, 0.1) is 5.82 Å². The van der Waals surface area contributed by atoms with Gasteiger partial charge in [-0.25, -0.2) is 9.18 Å². The van der Waals surface area contributed by atoms with E-state index in [2.05, 4.69) is 15.4 Å². The molecule has 0 atom stereocenters. The number of carbonyl (C=O) groups excluding carboxylic acids is 1. The van der Waals surface area contributed by atoms with E-state index in [9.17, 15) is 9.18 Å². The summed E-state index contributed by atoms with van der Waals surface area (Å²) in [6, 6.07) is 11.2. The number of hydrogen-bond acceptors (Lipinski definition) is 6. The highest BCUT2D eigenvalue weighted by Gasteiger charge is 2.23. The van der Waals surface area contributed by atoms with Gasteiger partial charge in [-0.1, -0.05) is 18.2 Å². The van der Waals surface area contributed by atoms with Crippen LogP contribution < -0.4 is 9.47 Å². The van der Waals surface area contributed by atoms with E-state index in [-0.39, 0.29) is 24.7 Å².